The van der Waals surface area contributed by atoms with E-state index in [1.807, 2.05) is 24.0 Å². The molecule has 0 bridgehead atoms. The molecule has 1 aliphatic rings. The van der Waals surface area contributed by atoms with Gasteiger partial charge < -0.3 is 10.2 Å². The van der Waals surface area contributed by atoms with Crippen LogP contribution in [0, 0.1) is 6.92 Å². The van der Waals surface area contributed by atoms with Crippen molar-refractivity contribution in [2.45, 2.75) is 13.5 Å². The van der Waals surface area contributed by atoms with Crippen LogP contribution in [0.1, 0.15) is 5.56 Å². The Bertz CT molecular complexity index is 333. The van der Waals surface area contributed by atoms with E-state index < -0.39 is 0 Å². The van der Waals surface area contributed by atoms with Crippen LogP contribution in [0.4, 0.5) is 4.79 Å². The van der Waals surface area contributed by atoms with E-state index in [4.69, 9.17) is 0 Å². The fourth-order valence-electron chi connectivity index (χ4n) is 1.54. The molecule has 5 heteroatoms. The van der Waals surface area contributed by atoms with Crippen molar-refractivity contribution in [3.8, 4) is 0 Å². The molecule has 2 heterocycles. The summed E-state index contributed by atoms with van der Waals surface area (Å²) in [5.41, 5.74) is 1.15. The third-order valence-corrected chi connectivity index (χ3v) is 2.31. The molecule has 0 saturated carbocycles. The van der Waals surface area contributed by atoms with Crippen molar-refractivity contribution in [1.82, 2.24) is 20.0 Å². The van der Waals surface area contributed by atoms with Crippen LogP contribution < -0.4 is 5.32 Å². The van der Waals surface area contributed by atoms with Gasteiger partial charge in [0, 0.05) is 25.8 Å². The van der Waals surface area contributed by atoms with Crippen LogP contribution in [0.25, 0.3) is 0 Å². The van der Waals surface area contributed by atoms with Gasteiger partial charge in [-0.25, -0.2) is 4.79 Å². The maximum Gasteiger partial charge on any atom is 0.317 e. The molecule has 1 aromatic heterocycles. The second-order valence-corrected chi connectivity index (χ2v) is 3.50. The number of urea groups is 1. The van der Waals surface area contributed by atoms with Crippen molar-refractivity contribution in [2.75, 3.05) is 19.6 Å². The van der Waals surface area contributed by atoms with Crippen molar-refractivity contribution < 1.29 is 4.79 Å². The average Bonchev–Trinajstić information content (AvgIpc) is 2.72. The summed E-state index contributed by atoms with van der Waals surface area (Å²) in [4.78, 5) is 13.0. The first-order valence-electron chi connectivity index (χ1n) is 4.77. The Balaban J connectivity index is 1.85. The minimum absolute atomic E-state index is 0.0360. The number of amides is 2. The lowest BCUT2D eigenvalue weighted by molar-refractivity contribution is 0.215. The SMILES string of the molecule is Cc1cnn(CCN2CCNC2=O)c1. The van der Waals surface area contributed by atoms with E-state index in [9.17, 15) is 4.79 Å². The first kappa shape index (κ1) is 9.05. The molecule has 0 aromatic carbocycles. The molecule has 0 spiro atoms. The lowest BCUT2D eigenvalue weighted by Gasteiger charge is -2.13. The predicted molar refractivity (Wildman–Crippen MR) is 51.9 cm³/mol. The van der Waals surface area contributed by atoms with Gasteiger partial charge in [-0.1, -0.05) is 0 Å². The normalized spacial score (nSPS) is 16.1. The topological polar surface area (TPSA) is 50.2 Å². The van der Waals surface area contributed by atoms with Gasteiger partial charge in [0.2, 0.25) is 0 Å². The monoisotopic (exact) mass is 194 g/mol. The van der Waals surface area contributed by atoms with Gasteiger partial charge in [-0.3, -0.25) is 4.68 Å². The molecule has 0 unspecified atom stereocenters. The molecule has 1 saturated heterocycles. The summed E-state index contributed by atoms with van der Waals surface area (Å²) < 4.78 is 1.86. The highest BCUT2D eigenvalue weighted by molar-refractivity contribution is 5.76. The summed E-state index contributed by atoms with van der Waals surface area (Å²) >= 11 is 0. The zero-order chi connectivity index (χ0) is 9.97. The average molecular weight is 194 g/mol. The van der Waals surface area contributed by atoms with Crippen LogP contribution in [-0.4, -0.2) is 40.3 Å². The van der Waals surface area contributed by atoms with Crippen LogP contribution in [0.5, 0.6) is 0 Å². The van der Waals surface area contributed by atoms with E-state index in [2.05, 4.69) is 10.4 Å². The maximum absolute atomic E-state index is 11.2. The third kappa shape index (κ3) is 1.86. The van der Waals surface area contributed by atoms with Gasteiger partial charge in [-0.05, 0) is 12.5 Å². The number of carbonyl (C=O) groups excluding carboxylic acids is 1. The molecule has 76 valence electrons. The van der Waals surface area contributed by atoms with E-state index >= 15 is 0 Å². The van der Waals surface area contributed by atoms with Crippen LogP contribution in [0.15, 0.2) is 12.4 Å². The van der Waals surface area contributed by atoms with Gasteiger partial charge in [0.05, 0.1) is 12.7 Å². The second-order valence-electron chi connectivity index (χ2n) is 3.50. The summed E-state index contributed by atoms with van der Waals surface area (Å²) in [6, 6.07) is 0.0360. The van der Waals surface area contributed by atoms with E-state index in [-0.39, 0.29) is 6.03 Å². The number of rotatable bonds is 3. The number of hydrogen-bond donors (Lipinski definition) is 1. The summed E-state index contributed by atoms with van der Waals surface area (Å²) in [6.07, 6.45) is 3.80. The summed E-state index contributed by atoms with van der Waals surface area (Å²) in [7, 11) is 0. The molecular formula is C9H14N4O. The van der Waals surface area contributed by atoms with Gasteiger partial charge in [0.15, 0.2) is 0 Å². The Morgan fingerprint density at radius 1 is 1.57 bits per heavy atom. The first-order valence-corrected chi connectivity index (χ1v) is 4.77. The first-order chi connectivity index (χ1) is 6.75. The van der Waals surface area contributed by atoms with Gasteiger partial charge >= 0.3 is 6.03 Å². The van der Waals surface area contributed by atoms with Gasteiger partial charge in [0.1, 0.15) is 0 Å². The number of aryl methyl sites for hydroxylation is 1. The minimum Gasteiger partial charge on any atom is -0.336 e. The van der Waals surface area contributed by atoms with E-state index in [1.165, 1.54) is 0 Å². The molecule has 2 amide bonds. The smallest absolute Gasteiger partial charge is 0.317 e. The Morgan fingerprint density at radius 2 is 2.43 bits per heavy atom. The highest BCUT2D eigenvalue weighted by atomic mass is 16.2. The predicted octanol–water partition coefficient (Wildman–Crippen LogP) is 0.217. The summed E-state index contributed by atoms with van der Waals surface area (Å²) in [5, 5.41) is 6.93. The fourth-order valence-corrected chi connectivity index (χ4v) is 1.54. The third-order valence-electron chi connectivity index (χ3n) is 2.31. The highest BCUT2D eigenvalue weighted by Gasteiger charge is 2.18. The maximum atomic E-state index is 11.2. The number of nitrogens with one attached hydrogen (secondary N) is 1. The molecule has 1 aromatic rings. The zero-order valence-corrected chi connectivity index (χ0v) is 8.23. The van der Waals surface area contributed by atoms with Crippen molar-refractivity contribution >= 4 is 6.03 Å². The number of aromatic nitrogens is 2. The number of carbonyl (C=O) groups is 1. The highest BCUT2D eigenvalue weighted by Crippen LogP contribution is 1.99. The van der Waals surface area contributed by atoms with Crippen LogP contribution >= 0.6 is 0 Å². The minimum atomic E-state index is 0.0360. The Labute approximate surface area is 82.7 Å². The summed E-state index contributed by atoms with van der Waals surface area (Å²) in [6.45, 7) is 5.07. The number of hydrogen-bond acceptors (Lipinski definition) is 2. The van der Waals surface area contributed by atoms with Gasteiger partial charge in [-0.2, -0.15) is 5.10 Å². The molecule has 1 N–H and O–H groups in total. The molecule has 0 radical (unpaired) electrons. The molecule has 14 heavy (non-hydrogen) atoms. The molecule has 1 aliphatic heterocycles. The van der Waals surface area contributed by atoms with Crippen LogP contribution in [-0.2, 0) is 6.54 Å². The Kier molecular flexibility index (Phi) is 2.39. The van der Waals surface area contributed by atoms with E-state index in [0.717, 1.165) is 31.7 Å². The van der Waals surface area contributed by atoms with Crippen molar-refractivity contribution in [3.63, 3.8) is 0 Å². The van der Waals surface area contributed by atoms with Crippen molar-refractivity contribution in [3.05, 3.63) is 18.0 Å². The lowest BCUT2D eigenvalue weighted by atomic mass is 10.4. The Hall–Kier alpha value is -1.52. The fraction of sp³-hybridized carbons (Fsp3) is 0.556. The molecule has 0 atom stereocenters. The number of nitrogens with zero attached hydrogens (tertiary/aromatic N) is 3. The van der Waals surface area contributed by atoms with Crippen molar-refractivity contribution in [2.24, 2.45) is 0 Å². The van der Waals surface area contributed by atoms with E-state index in [0.29, 0.717) is 0 Å². The lowest BCUT2D eigenvalue weighted by Crippen LogP contribution is -2.31. The molecule has 2 rings (SSSR count). The molecule has 5 nitrogen and oxygen atoms in total. The van der Waals surface area contributed by atoms with Crippen LogP contribution in [0.3, 0.4) is 0 Å². The molecular weight excluding hydrogens is 180 g/mol. The van der Waals surface area contributed by atoms with Gasteiger partial charge in [0.25, 0.3) is 0 Å². The second kappa shape index (κ2) is 3.69. The molecule has 1 fully saturated rings. The largest absolute Gasteiger partial charge is 0.336 e. The van der Waals surface area contributed by atoms with Gasteiger partial charge in [-0.15, -0.1) is 0 Å². The van der Waals surface area contributed by atoms with Crippen LogP contribution in [0.2, 0.25) is 0 Å². The quantitative estimate of drug-likeness (QED) is 0.748. The zero-order valence-electron chi connectivity index (χ0n) is 8.23. The standard InChI is InChI=1S/C9H14N4O/c1-8-6-11-13(7-8)5-4-12-3-2-10-9(12)14/h6-7H,2-5H2,1H3,(H,10,14). The Morgan fingerprint density at radius 3 is 3.00 bits per heavy atom. The van der Waals surface area contributed by atoms with E-state index in [1.54, 1.807) is 4.90 Å². The van der Waals surface area contributed by atoms with Crippen molar-refractivity contribution in [1.29, 1.82) is 0 Å². The summed E-state index contributed by atoms with van der Waals surface area (Å²) in [5.74, 6) is 0. The molecule has 0 aliphatic carbocycles.